The van der Waals surface area contributed by atoms with Crippen molar-refractivity contribution in [1.29, 1.82) is 0 Å². The number of aryl methyl sites for hydroxylation is 1. The van der Waals surface area contributed by atoms with Crippen molar-refractivity contribution in [2.45, 2.75) is 25.8 Å². The summed E-state index contributed by atoms with van der Waals surface area (Å²) in [7, 11) is 0. The molecular formula is C8H13N3O3. The zero-order valence-electron chi connectivity index (χ0n) is 7.92. The van der Waals surface area contributed by atoms with Crippen LogP contribution in [0.15, 0.2) is 6.33 Å². The molecule has 0 saturated heterocycles. The molecule has 78 valence electrons. The van der Waals surface area contributed by atoms with Gasteiger partial charge in [-0.3, -0.25) is 0 Å². The highest BCUT2D eigenvalue weighted by molar-refractivity contribution is 5.71. The molecule has 0 aliphatic rings. The van der Waals surface area contributed by atoms with Crippen LogP contribution >= 0.6 is 0 Å². The van der Waals surface area contributed by atoms with Crippen molar-refractivity contribution < 1.29 is 15.0 Å². The first kappa shape index (κ1) is 10.6. The molecule has 0 bridgehead atoms. The third-order valence-electron chi connectivity index (χ3n) is 1.98. The molecule has 1 aromatic heterocycles. The maximum atomic E-state index is 10.7. The van der Waals surface area contributed by atoms with Gasteiger partial charge in [-0.2, -0.15) is 0 Å². The summed E-state index contributed by atoms with van der Waals surface area (Å²) < 4.78 is 1.50. The van der Waals surface area contributed by atoms with Gasteiger partial charge < -0.3 is 14.8 Å². The maximum Gasteiger partial charge on any atom is 0.326 e. The molecule has 6 heteroatoms. The average Bonchev–Trinajstić information content (AvgIpc) is 2.61. The van der Waals surface area contributed by atoms with Crippen molar-refractivity contribution in [2.75, 3.05) is 6.61 Å². The molecule has 1 aromatic rings. The second kappa shape index (κ2) is 4.71. The molecule has 1 rings (SSSR count). The Labute approximate surface area is 81.2 Å². The predicted octanol–water partition coefficient (Wildman–Crippen LogP) is -0.151. The van der Waals surface area contributed by atoms with E-state index < -0.39 is 12.0 Å². The summed E-state index contributed by atoms with van der Waals surface area (Å²) >= 11 is 0. The number of aromatic nitrogens is 3. The summed E-state index contributed by atoms with van der Waals surface area (Å²) in [6, 6.07) is -0.668. The van der Waals surface area contributed by atoms with E-state index in [2.05, 4.69) is 10.2 Å². The van der Waals surface area contributed by atoms with Crippen LogP contribution in [0.2, 0.25) is 0 Å². The lowest BCUT2D eigenvalue weighted by molar-refractivity contribution is -0.140. The molecule has 6 nitrogen and oxygen atoms in total. The molecule has 0 amide bonds. The van der Waals surface area contributed by atoms with Gasteiger partial charge >= 0.3 is 5.97 Å². The summed E-state index contributed by atoms with van der Waals surface area (Å²) in [5.41, 5.74) is 0. The zero-order valence-corrected chi connectivity index (χ0v) is 7.92. The molecular weight excluding hydrogens is 186 g/mol. The first-order chi connectivity index (χ1) is 6.66. The number of hydrogen-bond donors (Lipinski definition) is 2. The molecule has 1 unspecified atom stereocenters. The van der Waals surface area contributed by atoms with Crippen LogP contribution in [0.5, 0.6) is 0 Å². The Hall–Kier alpha value is -1.43. The van der Waals surface area contributed by atoms with Crippen molar-refractivity contribution >= 4 is 5.97 Å². The van der Waals surface area contributed by atoms with Crippen LogP contribution in [0.25, 0.3) is 0 Å². The van der Waals surface area contributed by atoms with E-state index in [1.807, 2.05) is 0 Å². The number of rotatable bonds is 5. The minimum atomic E-state index is -0.921. The summed E-state index contributed by atoms with van der Waals surface area (Å²) in [6.07, 6.45) is 2.49. The van der Waals surface area contributed by atoms with Crippen molar-refractivity contribution in [1.82, 2.24) is 14.8 Å². The zero-order chi connectivity index (χ0) is 10.6. The second-order valence-electron chi connectivity index (χ2n) is 3.00. The number of hydrogen-bond acceptors (Lipinski definition) is 4. The molecule has 0 aliphatic carbocycles. The van der Waals surface area contributed by atoms with E-state index in [0.29, 0.717) is 18.7 Å². The lowest BCUT2D eigenvalue weighted by Crippen LogP contribution is -2.17. The number of aliphatic hydroxyl groups is 1. The molecule has 0 aliphatic heterocycles. The summed E-state index contributed by atoms with van der Waals surface area (Å²) in [5.74, 6) is -0.330. The van der Waals surface area contributed by atoms with Gasteiger partial charge in [0.05, 0.1) is 0 Å². The number of aliphatic hydroxyl groups excluding tert-OH is 1. The average molecular weight is 199 g/mol. The van der Waals surface area contributed by atoms with Crippen LogP contribution < -0.4 is 0 Å². The largest absolute Gasteiger partial charge is 0.480 e. The normalized spacial score (nSPS) is 12.7. The number of aliphatic carboxylic acids is 1. The highest BCUT2D eigenvalue weighted by Gasteiger charge is 2.16. The summed E-state index contributed by atoms with van der Waals surface area (Å²) in [5, 5.41) is 24.9. The summed E-state index contributed by atoms with van der Waals surface area (Å²) in [6.45, 7) is 1.63. The van der Waals surface area contributed by atoms with Crippen molar-refractivity contribution in [3.8, 4) is 0 Å². The Balaban J connectivity index is 2.76. The van der Waals surface area contributed by atoms with E-state index in [9.17, 15) is 4.79 Å². The Bertz CT molecular complexity index is 311. The first-order valence-electron chi connectivity index (χ1n) is 4.39. The SMILES string of the molecule is CC(C(=O)O)n1cnnc1CCCO. The predicted molar refractivity (Wildman–Crippen MR) is 47.8 cm³/mol. The van der Waals surface area contributed by atoms with E-state index in [-0.39, 0.29) is 6.61 Å². The third-order valence-corrected chi connectivity index (χ3v) is 1.98. The van der Waals surface area contributed by atoms with Gasteiger partial charge in [-0.25, -0.2) is 4.79 Å². The molecule has 1 heterocycles. The van der Waals surface area contributed by atoms with Gasteiger partial charge in [-0.15, -0.1) is 10.2 Å². The number of carbonyl (C=O) groups is 1. The molecule has 0 aromatic carbocycles. The number of nitrogens with zero attached hydrogens (tertiary/aromatic N) is 3. The van der Waals surface area contributed by atoms with Crippen molar-refractivity contribution in [3.63, 3.8) is 0 Å². The van der Waals surface area contributed by atoms with Crippen LogP contribution in [0.3, 0.4) is 0 Å². The smallest absolute Gasteiger partial charge is 0.326 e. The minimum absolute atomic E-state index is 0.0638. The standard InChI is InChI=1S/C8H13N3O3/c1-6(8(13)14)11-5-9-10-7(11)3-2-4-12/h5-6,12H,2-4H2,1H3,(H,13,14). The number of carboxylic acid groups (broad SMARTS) is 1. The molecule has 1 atom stereocenters. The Morgan fingerprint density at radius 1 is 1.71 bits per heavy atom. The Morgan fingerprint density at radius 3 is 3.00 bits per heavy atom. The van der Waals surface area contributed by atoms with Crippen molar-refractivity contribution in [3.05, 3.63) is 12.2 Å². The molecule has 14 heavy (non-hydrogen) atoms. The third kappa shape index (κ3) is 2.29. The van der Waals surface area contributed by atoms with Gasteiger partial charge in [0.15, 0.2) is 0 Å². The van der Waals surface area contributed by atoms with E-state index in [1.54, 1.807) is 6.92 Å². The quantitative estimate of drug-likeness (QED) is 0.688. The molecule has 0 spiro atoms. The van der Waals surface area contributed by atoms with Crippen LogP contribution in [-0.4, -0.2) is 37.6 Å². The second-order valence-corrected chi connectivity index (χ2v) is 3.00. The molecule has 0 saturated carbocycles. The summed E-state index contributed by atoms with van der Waals surface area (Å²) in [4.78, 5) is 10.7. The van der Waals surface area contributed by atoms with E-state index in [1.165, 1.54) is 10.9 Å². The van der Waals surface area contributed by atoms with Gasteiger partial charge in [-0.05, 0) is 13.3 Å². The molecule has 0 fully saturated rings. The maximum absolute atomic E-state index is 10.7. The first-order valence-corrected chi connectivity index (χ1v) is 4.39. The van der Waals surface area contributed by atoms with Crippen LogP contribution in [0.4, 0.5) is 0 Å². The minimum Gasteiger partial charge on any atom is -0.480 e. The van der Waals surface area contributed by atoms with Crippen LogP contribution in [0.1, 0.15) is 25.2 Å². The van der Waals surface area contributed by atoms with Gasteiger partial charge in [0.2, 0.25) is 0 Å². The van der Waals surface area contributed by atoms with Gasteiger partial charge in [-0.1, -0.05) is 0 Å². The van der Waals surface area contributed by atoms with E-state index in [0.717, 1.165) is 0 Å². The Morgan fingerprint density at radius 2 is 2.43 bits per heavy atom. The fourth-order valence-corrected chi connectivity index (χ4v) is 1.13. The van der Waals surface area contributed by atoms with E-state index in [4.69, 9.17) is 10.2 Å². The van der Waals surface area contributed by atoms with Crippen LogP contribution in [-0.2, 0) is 11.2 Å². The monoisotopic (exact) mass is 199 g/mol. The Kier molecular flexibility index (Phi) is 3.58. The molecule has 0 radical (unpaired) electrons. The topological polar surface area (TPSA) is 88.2 Å². The van der Waals surface area contributed by atoms with Gasteiger partial charge in [0.1, 0.15) is 18.2 Å². The van der Waals surface area contributed by atoms with Gasteiger partial charge in [0.25, 0.3) is 0 Å². The lowest BCUT2D eigenvalue weighted by atomic mass is 10.2. The number of carboxylic acids is 1. The fraction of sp³-hybridized carbons (Fsp3) is 0.625. The highest BCUT2D eigenvalue weighted by Crippen LogP contribution is 2.09. The van der Waals surface area contributed by atoms with E-state index >= 15 is 0 Å². The fourth-order valence-electron chi connectivity index (χ4n) is 1.13. The highest BCUT2D eigenvalue weighted by atomic mass is 16.4. The van der Waals surface area contributed by atoms with Gasteiger partial charge in [0, 0.05) is 13.0 Å². The van der Waals surface area contributed by atoms with Crippen LogP contribution in [0, 0.1) is 0 Å². The lowest BCUT2D eigenvalue weighted by Gasteiger charge is -2.09. The van der Waals surface area contributed by atoms with Crippen molar-refractivity contribution in [2.24, 2.45) is 0 Å². The molecule has 2 N–H and O–H groups in total.